The van der Waals surface area contributed by atoms with Gasteiger partial charge in [0.25, 0.3) is 0 Å². The lowest BCUT2D eigenvalue weighted by Gasteiger charge is -2.10. The first-order valence-corrected chi connectivity index (χ1v) is 6.91. The molecule has 0 aliphatic rings. The van der Waals surface area contributed by atoms with Crippen molar-refractivity contribution in [1.82, 2.24) is 16.0 Å². The van der Waals surface area contributed by atoms with Gasteiger partial charge < -0.3 is 27.4 Å². The summed E-state index contributed by atoms with van der Waals surface area (Å²) in [5, 5.41) is 10.0. The lowest BCUT2D eigenvalue weighted by molar-refractivity contribution is 0.560. The Hall–Kier alpha value is -1.14. The molecule has 0 saturated carbocycles. The molecule has 0 aromatic heterocycles. The molecule has 0 aliphatic carbocycles. The van der Waals surface area contributed by atoms with E-state index in [-0.39, 0.29) is 6.04 Å². The molecule has 0 radical (unpaired) electrons. The molecule has 0 saturated heterocycles. The Morgan fingerprint density at radius 3 is 2.32 bits per heavy atom. The Morgan fingerprint density at radius 2 is 1.63 bits per heavy atom. The average molecular weight is 265 g/mol. The van der Waals surface area contributed by atoms with Gasteiger partial charge in [0, 0.05) is 51.0 Å². The predicted molar refractivity (Wildman–Crippen MR) is 81.9 cm³/mol. The number of hydrogen-bond donors (Lipinski definition) is 5. The van der Waals surface area contributed by atoms with Crippen LogP contribution in [0.25, 0.3) is 0 Å². The molecule has 0 aliphatic heterocycles. The summed E-state index contributed by atoms with van der Waals surface area (Å²) >= 11 is 0. The number of anilines is 1. The molecule has 1 aromatic rings. The van der Waals surface area contributed by atoms with Gasteiger partial charge >= 0.3 is 0 Å². The summed E-state index contributed by atoms with van der Waals surface area (Å²) in [7, 11) is 0. The lowest BCUT2D eigenvalue weighted by atomic mass is 10.2. The summed E-state index contributed by atoms with van der Waals surface area (Å²) in [4.78, 5) is 0. The van der Waals surface area contributed by atoms with Gasteiger partial charge in [-0.1, -0.05) is 18.2 Å². The fourth-order valence-corrected chi connectivity index (χ4v) is 1.73. The molecular formula is C14H27N5. The molecule has 0 spiro atoms. The molecule has 1 aromatic carbocycles. The Labute approximate surface area is 116 Å². The number of para-hydroxylation sites is 1. The molecule has 7 N–H and O–H groups in total. The van der Waals surface area contributed by atoms with Gasteiger partial charge in [-0.05, 0) is 18.6 Å². The third-order valence-corrected chi connectivity index (χ3v) is 2.79. The summed E-state index contributed by atoms with van der Waals surface area (Å²) < 4.78 is 0. The number of nitrogens with two attached hydrogens (primary N) is 2. The Balaban J connectivity index is 1.93. The normalized spacial score (nSPS) is 12.5. The number of benzene rings is 1. The molecule has 19 heavy (non-hydrogen) atoms. The predicted octanol–water partition coefficient (Wildman–Crippen LogP) is -0.115. The molecule has 1 rings (SSSR count). The van der Waals surface area contributed by atoms with Crippen LogP contribution in [0, 0.1) is 0 Å². The van der Waals surface area contributed by atoms with Crippen molar-refractivity contribution in [1.29, 1.82) is 0 Å². The standard InChI is InChI=1S/C14H27N5/c1-12(15)10-18-8-6-17-7-9-19-11-13-4-2-3-5-14(13)16/h2-5,12,17-19H,6-11,15-16H2,1H3. The van der Waals surface area contributed by atoms with Crippen LogP contribution in [0.2, 0.25) is 0 Å². The van der Waals surface area contributed by atoms with Gasteiger partial charge in [0.1, 0.15) is 0 Å². The van der Waals surface area contributed by atoms with Gasteiger partial charge in [0.05, 0.1) is 0 Å². The summed E-state index contributed by atoms with van der Waals surface area (Å²) in [5.74, 6) is 0. The van der Waals surface area contributed by atoms with Crippen LogP contribution in [0.3, 0.4) is 0 Å². The summed E-state index contributed by atoms with van der Waals surface area (Å²) in [6, 6.07) is 8.16. The second kappa shape index (κ2) is 9.75. The van der Waals surface area contributed by atoms with Crippen molar-refractivity contribution < 1.29 is 0 Å². The zero-order valence-corrected chi connectivity index (χ0v) is 11.8. The fraction of sp³-hybridized carbons (Fsp3) is 0.571. The quantitative estimate of drug-likeness (QED) is 0.301. The minimum Gasteiger partial charge on any atom is -0.398 e. The monoisotopic (exact) mass is 265 g/mol. The minimum absolute atomic E-state index is 0.220. The lowest BCUT2D eigenvalue weighted by Crippen LogP contribution is -2.37. The van der Waals surface area contributed by atoms with E-state index >= 15 is 0 Å². The van der Waals surface area contributed by atoms with Crippen molar-refractivity contribution in [3.05, 3.63) is 29.8 Å². The van der Waals surface area contributed by atoms with Gasteiger partial charge in [0.15, 0.2) is 0 Å². The zero-order chi connectivity index (χ0) is 13.9. The molecule has 0 heterocycles. The average Bonchev–Trinajstić information content (AvgIpc) is 2.38. The van der Waals surface area contributed by atoms with Crippen LogP contribution in [0.15, 0.2) is 24.3 Å². The first-order valence-electron chi connectivity index (χ1n) is 6.91. The van der Waals surface area contributed by atoms with Crippen LogP contribution >= 0.6 is 0 Å². The Morgan fingerprint density at radius 1 is 1.00 bits per heavy atom. The Bertz CT molecular complexity index is 340. The number of hydrogen-bond acceptors (Lipinski definition) is 5. The summed E-state index contributed by atoms with van der Waals surface area (Å²) in [5.41, 5.74) is 13.5. The van der Waals surface area contributed by atoms with Gasteiger partial charge in [0.2, 0.25) is 0 Å². The topological polar surface area (TPSA) is 88.1 Å². The van der Waals surface area contributed by atoms with Crippen LogP contribution in [0.4, 0.5) is 5.69 Å². The highest BCUT2D eigenvalue weighted by atomic mass is 15.0. The van der Waals surface area contributed by atoms with E-state index in [1.165, 1.54) is 0 Å². The first-order chi connectivity index (χ1) is 9.20. The maximum Gasteiger partial charge on any atom is 0.0359 e. The van der Waals surface area contributed by atoms with Crippen molar-refractivity contribution in [2.24, 2.45) is 5.73 Å². The van der Waals surface area contributed by atoms with Gasteiger partial charge in [-0.3, -0.25) is 0 Å². The van der Waals surface area contributed by atoms with Gasteiger partial charge in [-0.2, -0.15) is 0 Å². The Kier molecular flexibility index (Phi) is 8.16. The highest BCUT2D eigenvalue weighted by molar-refractivity contribution is 5.46. The second-order valence-corrected chi connectivity index (χ2v) is 4.81. The maximum absolute atomic E-state index is 5.87. The molecule has 0 amide bonds. The van der Waals surface area contributed by atoms with Gasteiger partial charge in [-0.25, -0.2) is 0 Å². The van der Waals surface area contributed by atoms with E-state index in [1.807, 2.05) is 31.2 Å². The number of nitrogens with one attached hydrogen (secondary N) is 3. The third kappa shape index (κ3) is 7.79. The highest BCUT2D eigenvalue weighted by Crippen LogP contribution is 2.09. The smallest absolute Gasteiger partial charge is 0.0359 e. The number of rotatable bonds is 10. The van der Waals surface area contributed by atoms with Crippen molar-refractivity contribution in [3.63, 3.8) is 0 Å². The summed E-state index contributed by atoms with van der Waals surface area (Å²) in [6.45, 7) is 7.48. The molecule has 5 heteroatoms. The third-order valence-electron chi connectivity index (χ3n) is 2.79. The molecule has 0 fully saturated rings. The van der Waals surface area contributed by atoms with E-state index in [4.69, 9.17) is 11.5 Å². The molecule has 5 nitrogen and oxygen atoms in total. The van der Waals surface area contributed by atoms with E-state index in [2.05, 4.69) is 16.0 Å². The van der Waals surface area contributed by atoms with Crippen LogP contribution < -0.4 is 27.4 Å². The summed E-state index contributed by atoms with van der Waals surface area (Å²) in [6.07, 6.45) is 0. The first kappa shape index (κ1) is 15.9. The van der Waals surface area contributed by atoms with E-state index in [9.17, 15) is 0 Å². The van der Waals surface area contributed by atoms with Crippen LogP contribution in [0.5, 0.6) is 0 Å². The van der Waals surface area contributed by atoms with Crippen molar-refractivity contribution in [2.75, 3.05) is 38.5 Å². The second-order valence-electron chi connectivity index (χ2n) is 4.81. The van der Waals surface area contributed by atoms with E-state index in [0.717, 1.165) is 50.5 Å². The molecule has 1 atom stereocenters. The highest BCUT2D eigenvalue weighted by Gasteiger charge is 1.96. The largest absolute Gasteiger partial charge is 0.398 e. The van der Waals surface area contributed by atoms with Gasteiger partial charge in [-0.15, -0.1) is 0 Å². The van der Waals surface area contributed by atoms with Crippen molar-refractivity contribution in [2.45, 2.75) is 19.5 Å². The maximum atomic E-state index is 5.87. The molecule has 108 valence electrons. The van der Waals surface area contributed by atoms with E-state index < -0.39 is 0 Å². The zero-order valence-electron chi connectivity index (χ0n) is 11.8. The minimum atomic E-state index is 0.220. The molecule has 1 unspecified atom stereocenters. The molecular weight excluding hydrogens is 238 g/mol. The SMILES string of the molecule is CC(N)CNCCNCCNCc1ccccc1N. The van der Waals surface area contributed by atoms with Crippen LogP contribution in [0.1, 0.15) is 12.5 Å². The van der Waals surface area contributed by atoms with Crippen molar-refractivity contribution >= 4 is 5.69 Å². The molecule has 0 bridgehead atoms. The number of nitrogen functional groups attached to an aromatic ring is 1. The van der Waals surface area contributed by atoms with Crippen LogP contribution in [-0.2, 0) is 6.54 Å². The van der Waals surface area contributed by atoms with E-state index in [1.54, 1.807) is 0 Å². The van der Waals surface area contributed by atoms with E-state index in [0.29, 0.717) is 0 Å². The van der Waals surface area contributed by atoms with Crippen molar-refractivity contribution in [3.8, 4) is 0 Å². The fourth-order valence-electron chi connectivity index (χ4n) is 1.73. The van der Waals surface area contributed by atoms with Crippen LogP contribution in [-0.4, -0.2) is 38.8 Å².